The molecule has 0 atom stereocenters. The Bertz CT molecular complexity index is 533. The molecule has 0 aliphatic carbocycles. The second-order valence-electron chi connectivity index (χ2n) is 4.53. The molecule has 2 aromatic rings. The van der Waals surface area contributed by atoms with Crippen LogP contribution in [0.3, 0.4) is 0 Å². The van der Waals surface area contributed by atoms with Crippen molar-refractivity contribution in [3.05, 3.63) is 71.8 Å². The maximum atomic E-state index is 10.4. The van der Waals surface area contributed by atoms with E-state index in [1.165, 1.54) is 13.8 Å². The van der Waals surface area contributed by atoms with E-state index in [-0.39, 0.29) is 60.3 Å². The second-order valence-corrected chi connectivity index (χ2v) is 4.53. The largest absolute Gasteiger partial charge is 1.00 e. The monoisotopic (exact) mass is 706 g/mol. The molecular weight excluding hydrogens is 684 g/mol. The molecule has 0 aliphatic heterocycles. The van der Waals surface area contributed by atoms with Crippen LogP contribution in [0.2, 0.25) is 0 Å². The van der Waals surface area contributed by atoms with Gasteiger partial charge in [-0.1, -0.05) is 60.7 Å². The number of ether oxygens (including phenoxy) is 2. The summed E-state index contributed by atoms with van der Waals surface area (Å²) in [5.74, 6) is -0.484. The predicted octanol–water partition coefficient (Wildman–Crippen LogP) is 2.72. The quantitative estimate of drug-likeness (QED) is 0.278. The van der Waals surface area contributed by atoms with Crippen LogP contribution in [0.15, 0.2) is 60.7 Å². The topological polar surface area (TPSA) is 82.6 Å². The van der Waals surface area contributed by atoms with Crippen LogP contribution in [0, 0.1) is 0 Å². The number of hydrogen-bond donors (Lipinski definition) is 0. The third-order valence-corrected chi connectivity index (χ3v) is 2.57. The van der Waals surface area contributed by atoms with Crippen molar-refractivity contribution in [2.45, 2.75) is 27.1 Å². The van der Waals surface area contributed by atoms with Crippen LogP contribution in [0.5, 0.6) is 0 Å². The average molecular weight is 706 g/mol. The van der Waals surface area contributed by atoms with Gasteiger partial charge in [-0.15, -0.1) is 24.0 Å². The van der Waals surface area contributed by atoms with Gasteiger partial charge in [0.25, 0.3) is 0 Å². The summed E-state index contributed by atoms with van der Waals surface area (Å²) in [6, 6.07) is 19.2. The molecule has 9 heteroatoms. The van der Waals surface area contributed by atoms with E-state index in [0.717, 1.165) is 11.1 Å². The van der Waals surface area contributed by atoms with E-state index in [1.54, 1.807) is 0 Å². The molecule has 0 saturated carbocycles. The fourth-order valence-corrected chi connectivity index (χ4v) is 1.52. The minimum atomic E-state index is -0.242. The van der Waals surface area contributed by atoms with Crippen LogP contribution < -0.4 is 18.9 Å². The molecule has 0 heterocycles. The smallest absolute Gasteiger partial charge is 0.870 e. The Balaban J connectivity index is -0.000000163. The zero-order valence-corrected chi connectivity index (χ0v) is 22.1. The summed E-state index contributed by atoms with van der Waals surface area (Å²) >= 11 is 4.24. The fourth-order valence-electron chi connectivity index (χ4n) is 1.52. The van der Waals surface area contributed by atoms with E-state index in [1.807, 2.05) is 60.7 Å². The van der Waals surface area contributed by atoms with Crippen molar-refractivity contribution in [1.29, 1.82) is 0 Å². The first-order valence-corrected chi connectivity index (χ1v) is 13.4. The molecule has 2 rings (SSSR count). The van der Waals surface area contributed by atoms with Crippen LogP contribution in [-0.4, -0.2) is 17.4 Å². The molecule has 0 aromatic heterocycles. The summed E-state index contributed by atoms with van der Waals surface area (Å²) in [6.07, 6.45) is 0. The summed E-state index contributed by atoms with van der Waals surface area (Å²) in [4.78, 5) is 20.8. The molecule has 1 N–H and O–H groups in total. The first-order chi connectivity index (χ1) is 11.6. The van der Waals surface area contributed by atoms with Gasteiger partial charge < -0.3 is 14.9 Å². The minimum Gasteiger partial charge on any atom is -0.870 e. The number of rotatable bonds is 4. The minimum absolute atomic E-state index is 0. The Labute approximate surface area is 213 Å². The molecule has 27 heavy (non-hydrogen) atoms. The maximum Gasteiger partial charge on any atom is 1.00 e. The molecule has 146 valence electrons. The van der Waals surface area contributed by atoms with Gasteiger partial charge >= 0.3 is 30.8 Å². The first kappa shape index (κ1) is 34.6. The molecule has 0 saturated heterocycles. The van der Waals surface area contributed by atoms with Crippen molar-refractivity contribution in [3.8, 4) is 0 Å². The Morgan fingerprint density at radius 1 is 0.741 bits per heavy atom. The molecule has 5 nitrogen and oxygen atoms in total. The van der Waals surface area contributed by atoms with E-state index < -0.39 is 0 Å². The van der Waals surface area contributed by atoms with Crippen LogP contribution in [-0.2, 0) is 32.3 Å². The summed E-state index contributed by atoms with van der Waals surface area (Å²) in [5.41, 5.74) is 2.03. The van der Waals surface area contributed by atoms with Gasteiger partial charge in [0.15, 0.2) is 0 Å². The van der Waals surface area contributed by atoms with Gasteiger partial charge in [0.2, 0.25) is 0 Å². The molecule has 0 aliphatic rings. The van der Waals surface area contributed by atoms with Gasteiger partial charge in [0, 0.05) is 51.1 Å². The van der Waals surface area contributed by atoms with Gasteiger partial charge in [-0.2, -0.15) is 0 Å². The van der Waals surface area contributed by atoms with Crippen LogP contribution in [0.4, 0.5) is 0 Å². The number of esters is 2. The number of hydrogen-bond acceptors (Lipinski definition) is 5. The SMILES string of the molecule is CC(=O)OCc1ccccc1.CC(=O)OCc1ccccc1.I.II.[Li+].[OH-]. The van der Waals surface area contributed by atoms with E-state index >= 15 is 0 Å². The van der Waals surface area contributed by atoms with Crippen LogP contribution >= 0.6 is 61.2 Å². The summed E-state index contributed by atoms with van der Waals surface area (Å²) in [7, 11) is 0. The Hall–Kier alpha value is 0.127. The third-order valence-electron chi connectivity index (χ3n) is 2.57. The Kier molecular flexibility index (Phi) is 31.0. The van der Waals surface area contributed by atoms with Crippen LogP contribution in [0.1, 0.15) is 25.0 Å². The maximum absolute atomic E-state index is 10.4. The van der Waals surface area contributed by atoms with Crippen molar-refractivity contribution in [2.24, 2.45) is 0 Å². The predicted molar refractivity (Wildman–Crippen MR) is 129 cm³/mol. The van der Waals surface area contributed by atoms with Crippen LogP contribution in [0.25, 0.3) is 0 Å². The zero-order valence-electron chi connectivity index (χ0n) is 15.4. The normalized spacial score (nSPS) is 7.70. The van der Waals surface area contributed by atoms with Crippen molar-refractivity contribution >= 4 is 73.1 Å². The molecule has 0 radical (unpaired) electrons. The van der Waals surface area contributed by atoms with Gasteiger partial charge in [-0.25, -0.2) is 0 Å². The van der Waals surface area contributed by atoms with Crippen molar-refractivity contribution in [3.63, 3.8) is 0 Å². The Morgan fingerprint density at radius 3 is 1.22 bits per heavy atom. The van der Waals surface area contributed by atoms with E-state index in [4.69, 9.17) is 9.47 Å². The van der Waals surface area contributed by atoms with Crippen molar-refractivity contribution < 1.29 is 43.4 Å². The number of carbonyl (C=O) groups is 2. The first-order valence-electron chi connectivity index (χ1n) is 7.07. The van der Waals surface area contributed by atoms with E-state index in [2.05, 4.69) is 37.2 Å². The fraction of sp³-hybridized carbons (Fsp3) is 0.222. The average Bonchev–Trinajstić information content (AvgIpc) is 2.62. The second kappa shape index (κ2) is 24.2. The summed E-state index contributed by atoms with van der Waals surface area (Å²) < 4.78 is 9.58. The van der Waals surface area contributed by atoms with Gasteiger partial charge in [-0.05, 0) is 11.1 Å². The Morgan fingerprint density at radius 2 is 1.00 bits per heavy atom. The number of benzene rings is 2. The molecule has 0 fully saturated rings. The third kappa shape index (κ3) is 22.3. The molecule has 2 aromatic carbocycles. The van der Waals surface area contributed by atoms with Gasteiger partial charge in [0.1, 0.15) is 13.2 Å². The molecule has 0 spiro atoms. The summed E-state index contributed by atoms with van der Waals surface area (Å²) in [6.45, 7) is 3.55. The molecule has 0 unspecified atom stereocenters. The van der Waals surface area contributed by atoms with E-state index in [9.17, 15) is 9.59 Å². The number of halogens is 3. The summed E-state index contributed by atoms with van der Waals surface area (Å²) in [5, 5.41) is 0. The van der Waals surface area contributed by atoms with Crippen molar-refractivity contribution in [2.75, 3.05) is 0 Å². The van der Waals surface area contributed by atoms with Gasteiger partial charge in [-0.3, -0.25) is 9.59 Å². The van der Waals surface area contributed by atoms with Gasteiger partial charge in [0.05, 0.1) is 0 Å². The zero-order chi connectivity index (χ0) is 18.2. The molecule has 0 amide bonds. The van der Waals surface area contributed by atoms with E-state index in [0.29, 0.717) is 13.2 Å². The standard InChI is InChI=1S/2C9H10O2.I2.HI.Li.H2O/c2*1-8(10)11-7-9-5-3-2-4-6-9;1-2;;;/h2*2-6H,7H2,1H3;;1H;;1H2/q;;;;+1;/p-1. The molecule has 0 bridgehead atoms. The number of carbonyl (C=O) groups excluding carboxylic acids is 2. The molecular formula is C18H22I3LiO5. The van der Waals surface area contributed by atoms with Crippen molar-refractivity contribution in [1.82, 2.24) is 0 Å².